The average Bonchev–Trinajstić information content (AvgIpc) is 2.71. The van der Waals surface area contributed by atoms with Gasteiger partial charge in [0, 0.05) is 12.6 Å². The Morgan fingerprint density at radius 2 is 1.41 bits per heavy atom. The highest BCUT2D eigenvalue weighted by atomic mass is 35.5. The molecule has 0 amide bonds. The first kappa shape index (κ1) is 21.0. The highest BCUT2D eigenvalue weighted by Crippen LogP contribution is 2.15. The van der Waals surface area contributed by atoms with Crippen molar-refractivity contribution in [1.29, 1.82) is 0 Å². The van der Waals surface area contributed by atoms with Crippen LogP contribution in [0.3, 0.4) is 0 Å². The lowest BCUT2D eigenvalue weighted by atomic mass is 10.1. The van der Waals surface area contributed by atoms with E-state index < -0.39 is 0 Å². The Balaban J connectivity index is 0.00000261. The minimum atomic E-state index is 0. The van der Waals surface area contributed by atoms with Crippen LogP contribution >= 0.6 is 12.4 Å². The van der Waals surface area contributed by atoms with Gasteiger partial charge in [0.2, 0.25) is 0 Å². The summed E-state index contributed by atoms with van der Waals surface area (Å²) in [5.74, 6) is 0.921. The van der Waals surface area contributed by atoms with Crippen LogP contribution in [0, 0.1) is 0 Å². The third kappa shape index (κ3) is 7.46. The van der Waals surface area contributed by atoms with E-state index in [2.05, 4.69) is 72.9 Å². The second-order valence-corrected chi connectivity index (χ2v) is 6.73. The van der Waals surface area contributed by atoms with Gasteiger partial charge in [-0.25, -0.2) is 0 Å². The number of benzene rings is 3. The molecule has 0 aliphatic rings. The van der Waals surface area contributed by atoms with Gasteiger partial charge in [0.15, 0.2) is 0 Å². The summed E-state index contributed by atoms with van der Waals surface area (Å²) in [6, 6.07) is 29.8. The summed E-state index contributed by atoms with van der Waals surface area (Å²) in [4.78, 5) is 0. The molecule has 0 aliphatic heterocycles. The van der Waals surface area contributed by atoms with Gasteiger partial charge >= 0.3 is 0 Å². The molecule has 0 spiro atoms. The molecule has 3 aromatic carbocycles. The molecular formula is C24H28ClNO. The third-order valence-electron chi connectivity index (χ3n) is 4.51. The number of rotatable bonds is 9. The normalized spacial score (nSPS) is 11.4. The molecule has 0 aliphatic carbocycles. The minimum Gasteiger partial charge on any atom is -0.489 e. The van der Waals surface area contributed by atoms with Crippen LogP contribution in [0.15, 0.2) is 84.9 Å². The van der Waals surface area contributed by atoms with Crippen LogP contribution in [-0.2, 0) is 19.6 Å². The molecule has 3 aromatic rings. The van der Waals surface area contributed by atoms with Gasteiger partial charge in [0.1, 0.15) is 12.4 Å². The van der Waals surface area contributed by atoms with Crippen LogP contribution < -0.4 is 10.1 Å². The topological polar surface area (TPSA) is 21.3 Å². The number of nitrogens with one attached hydrogen (secondary N) is 1. The summed E-state index contributed by atoms with van der Waals surface area (Å²) < 4.78 is 5.92. The lowest BCUT2D eigenvalue weighted by molar-refractivity contribution is 0.306. The molecule has 1 unspecified atom stereocenters. The Kier molecular flexibility index (Phi) is 8.90. The number of halogens is 1. The summed E-state index contributed by atoms with van der Waals surface area (Å²) in [6.07, 6.45) is 2.24. The van der Waals surface area contributed by atoms with Crippen molar-refractivity contribution in [1.82, 2.24) is 5.32 Å². The van der Waals surface area contributed by atoms with Crippen LogP contribution in [0.25, 0.3) is 0 Å². The third-order valence-corrected chi connectivity index (χ3v) is 4.51. The van der Waals surface area contributed by atoms with Crippen molar-refractivity contribution in [2.24, 2.45) is 0 Å². The minimum absolute atomic E-state index is 0. The molecule has 0 saturated carbocycles. The molecule has 0 bridgehead atoms. The lowest BCUT2D eigenvalue weighted by Crippen LogP contribution is -2.25. The molecule has 1 N–H and O–H groups in total. The fourth-order valence-electron chi connectivity index (χ4n) is 2.91. The van der Waals surface area contributed by atoms with E-state index in [1.807, 2.05) is 24.3 Å². The van der Waals surface area contributed by atoms with Crippen LogP contribution in [0.2, 0.25) is 0 Å². The zero-order chi connectivity index (χ0) is 18.0. The highest BCUT2D eigenvalue weighted by Gasteiger charge is 2.04. The fraction of sp³-hybridized carbons (Fsp3) is 0.250. The maximum Gasteiger partial charge on any atom is 0.120 e. The SMILES string of the molecule is CC(CCc1ccccc1)NCc1cccc(OCc2ccccc2)c1.Cl. The van der Waals surface area contributed by atoms with Gasteiger partial charge in [0.05, 0.1) is 0 Å². The molecule has 2 nitrogen and oxygen atoms in total. The van der Waals surface area contributed by atoms with E-state index in [0.29, 0.717) is 12.6 Å². The lowest BCUT2D eigenvalue weighted by Gasteiger charge is -2.14. The van der Waals surface area contributed by atoms with E-state index in [1.165, 1.54) is 16.7 Å². The Labute approximate surface area is 169 Å². The average molecular weight is 382 g/mol. The molecule has 0 heterocycles. The Morgan fingerprint density at radius 1 is 0.778 bits per heavy atom. The Bertz CT molecular complexity index is 777. The van der Waals surface area contributed by atoms with Gasteiger partial charge in [-0.15, -0.1) is 12.4 Å². The maximum atomic E-state index is 5.92. The number of hydrogen-bond donors (Lipinski definition) is 1. The largest absolute Gasteiger partial charge is 0.489 e. The standard InChI is InChI=1S/C24H27NO.ClH/c1-20(15-16-21-9-4-2-5-10-21)25-18-23-13-8-14-24(17-23)26-19-22-11-6-3-7-12-22;/h2-14,17,20,25H,15-16,18-19H2,1H3;1H. The molecule has 0 saturated heterocycles. The van der Waals surface area contributed by atoms with E-state index in [9.17, 15) is 0 Å². The maximum absolute atomic E-state index is 5.92. The van der Waals surface area contributed by atoms with E-state index in [1.54, 1.807) is 0 Å². The smallest absolute Gasteiger partial charge is 0.120 e. The second kappa shape index (κ2) is 11.4. The number of aryl methyl sites for hydroxylation is 1. The predicted molar refractivity (Wildman–Crippen MR) is 116 cm³/mol. The molecule has 142 valence electrons. The van der Waals surface area contributed by atoms with Crippen LogP contribution in [0.5, 0.6) is 5.75 Å². The van der Waals surface area contributed by atoms with Crippen molar-refractivity contribution in [3.8, 4) is 5.75 Å². The van der Waals surface area contributed by atoms with Crippen molar-refractivity contribution in [2.45, 2.75) is 39.0 Å². The van der Waals surface area contributed by atoms with Crippen LogP contribution in [-0.4, -0.2) is 6.04 Å². The molecule has 0 radical (unpaired) electrons. The van der Waals surface area contributed by atoms with Crippen LogP contribution in [0.4, 0.5) is 0 Å². The monoisotopic (exact) mass is 381 g/mol. The van der Waals surface area contributed by atoms with Crippen LogP contribution in [0.1, 0.15) is 30.0 Å². The van der Waals surface area contributed by atoms with Gasteiger partial charge < -0.3 is 10.1 Å². The summed E-state index contributed by atoms with van der Waals surface area (Å²) in [6.45, 7) is 3.71. The van der Waals surface area contributed by atoms with Crippen molar-refractivity contribution < 1.29 is 4.74 Å². The summed E-state index contributed by atoms with van der Waals surface area (Å²) in [5.41, 5.74) is 3.84. The molecule has 1 atom stereocenters. The van der Waals surface area contributed by atoms with E-state index >= 15 is 0 Å². The molecule has 0 aromatic heterocycles. The predicted octanol–water partition coefficient (Wildman–Crippen LogP) is 5.80. The number of hydrogen-bond acceptors (Lipinski definition) is 2. The first-order valence-corrected chi connectivity index (χ1v) is 9.32. The van der Waals surface area contributed by atoms with Gasteiger partial charge in [0.25, 0.3) is 0 Å². The highest BCUT2D eigenvalue weighted by molar-refractivity contribution is 5.85. The fourth-order valence-corrected chi connectivity index (χ4v) is 2.91. The first-order chi connectivity index (χ1) is 12.8. The van der Waals surface area contributed by atoms with Gasteiger partial charge in [-0.2, -0.15) is 0 Å². The Hall–Kier alpha value is -2.29. The summed E-state index contributed by atoms with van der Waals surface area (Å²) in [7, 11) is 0. The van der Waals surface area contributed by atoms with Gasteiger partial charge in [-0.1, -0.05) is 72.8 Å². The van der Waals surface area contributed by atoms with Gasteiger partial charge in [-0.05, 0) is 48.6 Å². The zero-order valence-corrected chi connectivity index (χ0v) is 16.6. The summed E-state index contributed by atoms with van der Waals surface area (Å²) in [5, 5.41) is 3.61. The molecule has 27 heavy (non-hydrogen) atoms. The van der Waals surface area contributed by atoms with Crippen molar-refractivity contribution in [3.05, 3.63) is 102 Å². The van der Waals surface area contributed by atoms with E-state index in [4.69, 9.17) is 4.74 Å². The quantitative estimate of drug-likeness (QED) is 0.505. The number of ether oxygens (including phenoxy) is 1. The Morgan fingerprint density at radius 3 is 2.11 bits per heavy atom. The molecule has 0 fully saturated rings. The first-order valence-electron chi connectivity index (χ1n) is 9.32. The molecular weight excluding hydrogens is 354 g/mol. The van der Waals surface area contributed by atoms with Crippen molar-refractivity contribution in [3.63, 3.8) is 0 Å². The zero-order valence-electron chi connectivity index (χ0n) is 15.8. The molecule has 3 rings (SSSR count). The molecule has 3 heteroatoms. The van der Waals surface area contributed by atoms with E-state index in [0.717, 1.165) is 25.1 Å². The van der Waals surface area contributed by atoms with E-state index in [-0.39, 0.29) is 12.4 Å². The van der Waals surface area contributed by atoms with Crippen molar-refractivity contribution in [2.75, 3.05) is 0 Å². The second-order valence-electron chi connectivity index (χ2n) is 6.73. The van der Waals surface area contributed by atoms with Gasteiger partial charge in [-0.3, -0.25) is 0 Å². The summed E-state index contributed by atoms with van der Waals surface area (Å²) >= 11 is 0. The van der Waals surface area contributed by atoms with Crippen molar-refractivity contribution >= 4 is 12.4 Å².